The molecule has 1 aromatic carbocycles. The number of rotatable bonds is 3. The van der Waals surface area contributed by atoms with E-state index in [0.29, 0.717) is 10.4 Å². The van der Waals surface area contributed by atoms with Crippen LogP contribution >= 0.6 is 0 Å². The molecule has 0 aliphatic rings. The van der Waals surface area contributed by atoms with Crippen molar-refractivity contribution < 1.29 is 9.32 Å². The molecule has 7 heteroatoms. The first kappa shape index (κ1) is 15.8. The summed E-state index contributed by atoms with van der Waals surface area (Å²) < 4.78 is 6.25. The van der Waals surface area contributed by atoms with Gasteiger partial charge in [0.1, 0.15) is 0 Å². The number of benzene rings is 1. The lowest BCUT2D eigenvalue weighted by molar-refractivity contribution is 0.208. The first-order chi connectivity index (χ1) is 10.3. The van der Waals surface area contributed by atoms with Crippen molar-refractivity contribution in [3.8, 4) is 0 Å². The number of hydrogen-bond acceptors (Lipinski definition) is 4. The van der Waals surface area contributed by atoms with Gasteiger partial charge in [-0.15, -0.1) is 0 Å². The molecule has 0 saturated carbocycles. The van der Waals surface area contributed by atoms with Gasteiger partial charge in [-0.3, -0.25) is 4.90 Å². The Morgan fingerprint density at radius 3 is 2.14 bits per heavy atom. The second-order valence-electron chi connectivity index (χ2n) is 5.48. The third-order valence-electron chi connectivity index (χ3n) is 3.19. The van der Waals surface area contributed by atoms with Gasteiger partial charge in [-0.05, 0) is 39.8 Å². The third kappa shape index (κ3) is 2.74. The lowest BCUT2D eigenvalue weighted by Gasteiger charge is -2.25. The Balaban J connectivity index is 2.52. The SMILES string of the molecule is CC(C)N(C(=O)n1oc(=O)n(C(C)C)c1=O)c1ccccc1. The average molecular weight is 305 g/mol. The number of aromatic nitrogens is 2. The average Bonchev–Trinajstić information content (AvgIpc) is 2.74. The van der Waals surface area contributed by atoms with E-state index in [9.17, 15) is 14.4 Å². The highest BCUT2D eigenvalue weighted by atomic mass is 16.5. The molecule has 1 amide bonds. The fourth-order valence-corrected chi connectivity index (χ4v) is 2.21. The van der Waals surface area contributed by atoms with Gasteiger partial charge >= 0.3 is 17.5 Å². The molecule has 0 unspecified atom stereocenters. The first-order valence-corrected chi connectivity index (χ1v) is 7.08. The number of carbonyl (C=O) groups is 1. The Morgan fingerprint density at radius 1 is 1.09 bits per heavy atom. The number of para-hydroxylation sites is 1. The van der Waals surface area contributed by atoms with Gasteiger partial charge in [0, 0.05) is 17.8 Å². The summed E-state index contributed by atoms with van der Waals surface area (Å²) >= 11 is 0. The van der Waals surface area contributed by atoms with Crippen LogP contribution in [0.3, 0.4) is 0 Å². The zero-order chi connectivity index (χ0) is 16.4. The van der Waals surface area contributed by atoms with E-state index in [0.717, 1.165) is 4.57 Å². The van der Waals surface area contributed by atoms with Crippen LogP contribution in [0.4, 0.5) is 10.5 Å². The first-order valence-electron chi connectivity index (χ1n) is 7.08. The molecule has 0 atom stereocenters. The van der Waals surface area contributed by atoms with Crippen LogP contribution in [-0.4, -0.2) is 21.4 Å². The van der Waals surface area contributed by atoms with Crippen molar-refractivity contribution in [3.63, 3.8) is 0 Å². The summed E-state index contributed by atoms with van der Waals surface area (Å²) in [5.41, 5.74) is -0.152. The smallest absolute Gasteiger partial charge is 0.307 e. The van der Waals surface area contributed by atoms with Gasteiger partial charge in [0.05, 0.1) is 0 Å². The van der Waals surface area contributed by atoms with Crippen LogP contribution in [0.2, 0.25) is 0 Å². The predicted molar refractivity (Wildman–Crippen MR) is 82.5 cm³/mol. The molecule has 0 aliphatic heterocycles. The van der Waals surface area contributed by atoms with Crippen molar-refractivity contribution in [2.24, 2.45) is 0 Å². The van der Waals surface area contributed by atoms with Gasteiger partial charge in [-0.25, -0.2) is 19.0 Å². The summed E-state index contributed by atoms with van der Waals surface area (Å²) in [7, 11) is 0. The highest BCUT2D eigenvalue weighted by molar-refractivity contribution is 5.93. The summed E-state index contributed by atoms with van der Waals surface area (Å²) in [5.74, 6) is -0.842. The summed E-state index contributed by atoms with van der Waals surface area (Å²) in [4.78, 5) is 38.0. The molecule has 0 bridgehead atoms. The predicted octanol–water partition coefficient (Wildman–Crippen LogP) is 2.07. The van der Waals surface area contributed by atoms with Gasteiger partial charge in [0.25, 0.3) is 0 Å². The van der Waals surface area contributed by atoms with Crippen molar-refractivity contribution in [2.75, 3.05) is 4.90 Å². The number of hydrogen-bond donors (Lipinski definition) is 0. The van der Waals surface area contributed by atoms with Crippen LogP contribution in [-0.2, 0) is 0 Å². The molecule has 0 N–H and O–H groups in total. The number of carbonyl (C=O) groups excluding carboxylic acids is 1. The Hall–Kier alpha value is -2.57. The maximum Gasteiger partial charge on any atom is 0.443 e. The summed E-state index contributed by atoms with van der Waals surface area (Å²) in [6.07, 6.45) is 0. The van der Waals surface area contributed by atoms with E-state index >= 15 is 0 Å². The molecule has 0 saturated heterocycles. The van der Waals surface area contributed by atoms with Crippen molar-refractivity contribution in [1.29, 1.82) is 0 Å². The molecular formula is C15H19N3O4. The van der Waals surface area contributed by atoms with Crippen LogP contribution < -0.4 is 16.3 Å². The maximum absolute atomic E-state index is 12.6. The van der Waals surface area contributed by atoms with Gasteiger partial charge in [-0.2, -0.15) is 0 Å². The molecule has 118 valence electrons. The van der Waals surface area contributed by atoms with E-state index in [1.165, 1.54) is 4.90 Å². The van der Waals surface area contributed by atoms with Crippen LogP contribution in [0.1, 0.15) is 33.7 Å². The largest absolute Gasteiger partial charge is 0.443 e. The lowest BCUT2D eigenvalue weighted by atomic mass is 10.2. The zero-order valence-corrected chi connectivity index (χ0v) is 13.0. The summed E-state index contributed by atoms with van der Waals surface area (Å²) in [5, 5.41) is 0. The van der Waals surface area contributed by atoms with Gasteiger partial charge < -0.3 is 4.52 Å². The van der Waals surface area contributed by atoms with E-state index in [2.05, 4.69) is 0 Å². The summed E-state index contributed by atoms with van der Waals surface area (Å²) in [6.45, 7) is 6.97. The van der Waals surface area contributed by atoms with Gasteiger partial charge in [0.15, 0.2) is 0 Å². The lowest BCUT2D eigenvalue weighted by Crippen LogP contribution is -2.44. The molecule has 0 spiro atoms. The normalized spacial score (nSPS) is 11.2. The molecule has 0 radical (unpaired) electrons. The fourth-order valence-electron chi connectivity index (χ4n) is 2.21. The topological polar surface area (TPSA) is 77.5 Å². The monoisotopic (exact) mass is 305 g/mol. The molecule has 2 rings (SSSR count). The highest BCUT2D eigenvalue weighted by Crippen LogP contribution is 2.17. The molecule has 2 aromatic rings. The van der Waals surface area contributed by atoms with E-state index < -0.39 is 17.5 Å². The molecular weight excluding hydrogens is 286 g/mol. The second-order valence-corrected chi connectivity index (χ2v) is 5.48. The molecule has 1 aromatic heterocycles. The molecule has 0 aliphatic carbocycles. The van der Waals surface area contributed by atoms with E-state index in [1.54, 1.807) is 38.1 Å². The van der Waals surface area contributed by atoms with Crippen molar-refractivity contribution in [2.45, 2.75) is 39.8 Å². The third-order valence-corrected chi connectivity index (χ3v) is 3.19. The number of amides is 1. The van der Waals surface area contributed by atoms with E-state index in [1.807, 2.05) is 19.9 Å². The van der Waals surface area contributed by atoms with E-state index in [-0.39, 0.29) is 12.1 Å². The molecule has 22 heavy (non-hydrogen) atoms. The second kappa shape index (κ2) is 6.05. The minimum Gasteiger partial charge on any atom is -0.307 e. The van der Waals surface area contributed by atoms with Crippen LogP contribution in [0.25, 0.3) is 0 Å². The number of nitrogens with zero attached hydrogens (tertiary/aromatic N) is 3. The Labute approximate surface area is 127 Å². The zero-order valence-electron chi connectivity index (χ0n) is 13.0. The minimum absolute atomic E-state index is 0.213. The standard InChI is InChI=1S/C15H19N3O4/c1-10(2)16(12-8-6-5-7-9-12)13(19)18-14(20)17(11(3)4)15(21)22-18/h5-11H,1-4H3. The maximum atomic E-state index is 12.6. The van der Waals surface area contributed by atoms with Crippen LogP contribution in [0.15, 0.2) is 44.4 Å². The summed E-state index contributed by atoms with van der Waals surface area (Å²) in [6, 6.07) is 7.61. The molecule has 7 nitrogen and oxygen atoms in total. The fraction of sp³-hybridized carbons (Fsp3) is 0.400. The molecule has 1 heterocycles. The van der Waals surface area contributed by atoms with Gasteiger partial charge in [-0.1, -0.05) is 22.9 Å². The molecule has 0 fully saturated rings. The Morgan fingerprint density at radius 2 is 1.68 bits per heavy atom. The number of anilines is 1. The quantitative estimate of drug-likeness (QED) is 0.869. The Kier molecular flexibility index (Phi) is 4.35. The van der Waals surface area contributed by atoms with Crippen molar-refractivity contribution in [1.82, 2.24) is 9.31 Å². The van der Waals surface area contributed by atoms with Crippen molar-refractivity contribution >= 4 is 11.7 Å². The highest BCUT2D eigenvalue weighted by Gasteiger charge is 2.26. The van der Waals surface area contributed by atoms with E-state index in [4.69, 9.17) is 4.52 Å². The van der Waals surface area contributed by atoms with Crippen LogP contribution in [0.5, 0.6) is 0 Å². The van der Waals surface area contributed by atoms with Crippen molar-refractivity contribution in [3.05, 3.63) is 51.4 Å². The van der Waals surface area contributed by atoms with Crippen LogP contribution in [0, 0.1) is 0 Å². The van der Waals surface area contributed by atoms with Gasteiger partial charge in [0.2, 0.25) is 0 Å². The minimum atomic E-state index is -0.842. The Bertz CT molecular complexity index is 768.